The van der Waals surface area contributed by atoms with E-state index >= 15 is 0 Å². The molecule has 0 amide bonds. The molecule has 0 radical (unpaired) electrons. The second-order valence-electron chi connectivity index (χ2n) is 6.52. The molecule has 0 fully saturated rings. The highest BCUT2D eigenvalue weighted by Crippen LogP contribution is 2.52. The molecule has 0 spiro atoms. The van der Waals surface area contributed by atoms with Crippen LogP contribution >= 0.6 is 6.64 Å². The third kappa shape index (κ3) is 7.27. The number of aliphatic imine (C=N–C) groups is 1. The van der Waals surface area contributed by atoms with Crippen molar-refractivity contribution in [1.82, 2.24) is 4.67 Å². The third-order valence-corrected chi connectivity index (χ3v) is 7.05. The molecule has 0 aromatic heterocycles. The summed E-state index contributed by atoms with van der Waals surface area (Å²) in [6.07, 6.45) is 2.20. The Balaban J connectivity index is 2.38. The summed E-state index contributed by atoms with van der Waals surface area (Å²) < 4.78 is 13.6. The summed E-state index contributed by atoms with van der Waals surface area (Å²) in [4.78, 5) is 26.5. The predicted molar refractivity (Wildman–Crippen MR) is 129 cm³/mol. The molecule has 2 aromatic carbocycles. The normalized spacial score (nSPS) is 12.5. The highest BCUT2D eigenvalue weighted by molar-refractivity contribution is 8.09. The molecule has 0 heterocycles. The summed E-state index contributed by atoms with van der Waals surface area (Å²) in [5.41, 5.74) is 1.08. The van der Waals surface area contributed by atoms with E-state index < -0.39 is 11.6 Å². The number of nitro benzene ring substituents is 1. The van der Waals surface area contributed by atoms with E-state index in [1.807, 2.05) is 6.92 Å². The van der Waals surface area contributed by atoms with Crippen molar-refractivity contribution in [3.63, 3.8) is 0 Å². The number of rotatable bonds is 11. The van der Waals surface area contributed by atoms with Gasteiger partial charge in [-0.05, 0) is 62.4 Å². The van der Waals surface area contributed by atoms with E-state index in [1.54, 1.807) is 41.9 Å². The predicted octanol–water partition coefficient (Wildman–Crippen LogP) is 5.51. The van der Waals surface area contributed by atoms with Gasteiger partial charge in [-0.2, -0.15) is 0 Å². The average molecular weight is 473 g/mol. The van der Waals surface area contributed by atoms with Crippen LogP contribution in [-0.4, -0.2) is 34.9 Å². The Hall–Kier alpha value is -3.05. The van der Waals surface area contributed by atoms with Gasteiger partial charge in [-0.3, -0.25) is 19.6 Å². The molecule has 0 saturated carbocycles. The fourth-order valence-electron chi connectivity index (χ4n) is 2.41. The van der Waals surface area contributed by atoms with Crippen molar-refractivity contribution in [3.8, 4) is 17.6 Å². The molecule has 2 rings (SSSR count). The molecule has 1 atom stereocenters. The molecular formula is C22H24N3O5PS. The van der Waals surface area contributed by atoms with Crippen LogP contribution in [0.25, 0.3) is 0 Å². The average Bonchev–Trinajstić information content (AvgIpc) is 2.78. The highest BCUT2D eigenvalue weighted by atomic mass is 32.5. The number of carbonyl (C=O) groups is 1. The zero-order chi connectivity index (χ0) is 23.6. The van der Waals surface area contributed by atoms with Gasteiger partial charge in [0.05, 0.1) is 29.8 Å². The van der Waals surface area contributed by atoms with Gasteiger partial charge >= 0.3 is 6.64 Å². The summed E-state index contributed by atoms with van der Waals surface area (Å²) in [6, 6.07) is 12.6. The van der Waals surface area contributed by atoms with Gasteiger partial charge in [-0.25, -0.2) is 4.99 Å². The van der Waals surface area contributed by atoms with Gasteiger partial charge in [-0.15, -0.1) is 5.92 Å². The number of carbonyl (C=O) groups excluding carboxylic acids is 1. The van der Waals surface area contributed by atoms with Gasteiger partial charge in [0.1, 0.15) is 12.1 Å². The van der Waals surface area contributed by atoms with E-state index in [0.29, 0.717) is 24.3 Å². The topological polar surface area (TPSA) is 94.3 Å². The van der Waals surface area contributed by atoms with Gasteiger partial charge in [0.15, 0.2) is 5.78 Å². The van der Waals surface area contributed by atoms with Crippen LogP contribution in [0, 0.1) is 22.0 Å². The number of hydrogen-bond acceptors (Lipinski definition) is 7. The molecule has 168 valence electrons. The number of nitrogens with zero attached hydrogens (tertiary/aromatic N) is 3. The number of benzene rings is 2. The van der Waals surface area contributed by atoms with E-state index in [-0.39, 0.29) is 23.8 Å². The molecule has 10 heteroatoms. The standard InChI is InChI=1S/C22H24N3O5PS/c1-4-6-14-24(17-23-20-12-10-19(11-13-20)18(3)26)31(32,29-15-5-2)30-22-9-7-8-21(16-22)25(27)28/h7-13,16-17H,5,14-15H2,1-3H3. The van der Waals surface area contributed by atoms with Crippen molar-refractivity contribution in [2.24, 2.45) is 4.99 Å². The first-order valence-electron chi connectivity index (χ1n) is 9.79. The van der Waals surface area contributed by atoms with Crippen molar-refractivity contribution >= 4 is 41.9 Å². The van der Waals surface area contributed by atoms with Gasteiger partial charge in [0.2, 0.25) is 0 Å². The third-order valence-electron chi connectivity index (χ3n) is 4.05. The summed E-state index contributed by atoms with van der Waals surface area (Å²) >= 11 is 5.78. The molecule has 0 saturated heterocycles. The molecule has 2 aromatic rings. The van der Waals surface area contributed by atoms with E-state index in [9.17, 15) is 14.9 Å². The quantitative estimate of drug-likeness (QED) is 0.0807. The Kier molecular flexibility index (Phi) is 9.54. The Morgan fingerprint density at radius 3 is 2.62 bits per heavy atom. The molecule has 8 nitrogen and oxygen atoms in total. The maximum atomic E-state index is 11.5. The number of Topliss-reactive ketones (excluding diaryl/α,β-unsaturated/α-hetero) is 1. The number of non-ortho nitro benzene ring substituents is 1. The zero-order valence-corrected chi connectivity index (χ0v) is 19.8. The van der Waals surface area contributed by atoms with Crippen LogP contribution in [0.3, 0.4) is 0 Å². The lowest BCUT2D eigenvalue weighted by Gasteiger charge is -2.30. The second kappa shape index (κ2) is 12.1. The van der Waals surface area contributed by atoms with Crippen molar-refractivity contribution in [3.05, 3.63) is 64.2 Å². The summed E-state index contributed by atoms with van der Waals surface area (Å²) in [5, 5.41) is 11.1. The SMILES string of the molecule is CC#CCN(C=Nc1ccc(C(C)=O)cc1)P(=S)(OCCC)Oc1cccc([N+](=O)[O-])c1. The van der Waals surface area contributed by atoms with Crippen molar-refractivity contribution in [2.45, 2.75) is 27.2 Å². The van der Waals surface area contributed by atoms with Crippen LogP contribution < -0.4 is 4.52 Å². The summed E-state index contributed by atoms with van der Waals surface area (Å²) in [6.45, 7) is 2.50. The first-order chi connectivity index (χ1) is 15.3. The molecule has 0 bridgehead atoms. The highest BCUT2D eigenvalue weighted by Gasteiger charge is 2.28. The Morgan fingerprint density at radius 2 is 2.03 bits per heavy atom. The van der Waals surface area contributed by atoms with E-state index in [0.717, 1.165) is 0 Å². The number of nitro groups is 1. The maximum absolute atomic E-state index is 11.5. The minimum Gasteiger partial charge on any atom is -0.428 e. The molecule has 1 unspecified atom stereocenters. The van der Waals surface area contributed by atoms with Crippen molar-refractivity contribution in [1.29, 1.82) is 0 Å². The van der Waals surface area contributed by atoms with Crippen LogP contribution in [0.5, 0.6) is 5.75 Å². The summed E-state index contributed by atoms with van der Waals surface area (Å²) in [5.74, 6) is 5.95. The van der Waals surface area contributed by atoms with Crippen molar-refractivity contribution < 1.29 is 18.8 Å². The van der Waals surface area contributed by atoms with Crippen LogP contribution in [0.1, 0.15) is 37.6 Å². The van der Waals surface area contributed by atoms with Crippen LogP contribution in [-0.2, 0) is 16.3 Å². The van der Waals surface area contributed by atoms with Crippen LogP contribution in [0.2, 0.25) is 0 Å². The minimum atomic E-state index is -3.17. The fraction of sp³-hybridized carbons (Fsp3) is 0.273. The Morgan fingerprint density at radius 1 is 1.31 bits per heavy atom. The molecule has 0 N–H and O–H groups in total. The number of ketones is 1. The van der Waals surface area contributed by atoms with Crippen molar-refractivity contribution in [2.75, 3.05) is 13.2 Å². The van der Waals surface area contributed by atoms with Crippen LogP contribution in [0.4, 0.5) is 11.4 Å². The van der Waals surface area contributed by atoms with Gasteiger partial charge in [0.25, 0.3) is 5.69 Å². The molecule has 0 aliphatic heterocycles. The Labute approximate surface area is 192 Å². The van der Waals surface area contributed by atoms with E-state index in [4.69, 9.17) is 20.9 Å². The van der Waals surface area contributed by atoms with Gasteiger partial charge in [0, 0.05) is 11.6 Å². The maximum Gasteiger partial charge on any atom is 0.343 e. The van der Waals surface area contributed by atoms with Gasteiger partial charge in [-0.1, -0.05) is 18.9 Å². The van der Waals surface area contributed by atoms with Crippen LogP contribution in [0.15, 0.2) is 53.5 Å². The molecule has 32 heavy (non-hydrogen) atoms. The lowest BCUT2D eigenvalue weighted by molar-refractivity contribution is -0.384. The van der Waals surface area contributed by atoms with E-state index in [2.05, 4.69) is 16.8 Å². The molecular weight excluding hydrogens is 449 g/mol. The first-order valence-corrected chi connectivity index (χ1v) is 12.4. The molecule has 0 aliphatic rings. The smallest absolute Gasteiger partial charge is 0.343 e. The number of hydrogen-bond donors (Lipinski definition) is 0. The second-order valence-corrected chi connectivity index (χ2v) is 9.80. The summed E-state index contributed by atoms with van der Waals surface area (Å²) in [7, 11) is 0. The van der Waals surface area contributed by atoms with Gasteiger partial charge < -0.3 is 9.05 Å². The van der Waals surface area contributed by atoms with E-state index in [1.165, 1.54) is 31.5 Å². The lowest BCUT2D eigenvalue weighted by atomic mass is 10.1. The fourth-order valence-corrected chi connectivity index (χ4v) is 4.72. The Bertz CT molecular complexity index is 1090. The zero-order valence-electron chi connectivity index (χ0n) is 18.1. The monoisotopic (exact) mass is 473 g/mol. The minimum absolute atomic E-state index is 0.0332. The first kappa shape index (κ1) is 25.2. The molecule has 0 aliphatic carbocycles. The lowest BCUT2D eigenvalue weighted by Crippen LogP contribution is -2.24. The largest absolute Gasteiger partial charge is 0.428 e.